The molecular weight excluding hydrogens is 609 g/mol. The summed E-state index contributed by atoms with van der Waals surface area (Å²) >= 11 is 1.56. The van der Waals surface area contributed by atoms with Crippen LogP contribution in [0.25, 0.3) is 10.4 Å². The van der Waals surface area contributed by atoms with Crippen molar-refractivity contribution in [3.05, 3.63) is 35.0 Å². The Labute approximate surface area is 275 Å². The van der Waals surface area contributed by atoms with E-state index in [1.165, 1.54) is 4.90 Å². The van der Waals surface area contributed by atoms with Crippen molar-refractivity contribution in [1.29, 1.82) is 0 Å². The molecule has 10 nitrogen and oxygen atoms in total. The van der Waals surface area contributed by atoms with Gasteiger partial charge in [-0.15, -0.1) is 11.3 Å². The van der Waals surface area contributed by atoms with Gasteiger partial charge in [-0.1, -0.05) is 58.6 Å². The molecule has 2 aliphatic rings. The Morgan fingerprint density at radius 2 is 1.87 bits per heavy atom. The van der Waals surface area contributed by atoms with Crippen molar-refractivity contribution in [3.63, 3.8) is 0 Å². The number of β-amino-alcohol motifs (C(OH)–C–C–N with tert-alkyl or cyclic N) is 1. The Kier molecular flexibility index (Phi) is 12.2. The molecule has 0 spiro atoms. The zero-order valence-electron chi connectivity index (χ0n) is 27.6. The lowest BCUT2D eigenvalue weighted by Gasteiger charge is -2.35. The van der Waals surface area contributed by atoms with Gasteiger partial charge in [0, 0.05) is 25.1 Å². The average molecular weight is 660 g/mol. The Morgan fingerprint density at radius 1 is 1.17 bits per heavy atom. The number of rotatable bonds is 16. The quantitative estimate of drug-likeness (QED) is 0.195. The third-order valence-corrected chi connectivity index (χ3v) is 9.71. The van der Waals surface area contributed by atoms with Crippen molar-refractivity contribution < 1.29 is 28.6 Å². The normalized spacial score (nSPS) is 19.5. The molecule has 2 fully saturated rings. The minimum Gasteiger partial charge on any atom is -0.493 e. The summed E-state index contributed by atoms with van der Waals surface area (Å²) in [7, 11) is 0. The van der Waals surface area contributed by atoms with Crippen molar-refractivity contribution in [2.75, 3.05) is 19.7 Å². The highest BCUT2D eigenvalue weighted by Crippen LogP contribution is 2.40. The first-order chi connectivity index (χ1) is 21.8. The number of hydrogen-bond acceptors (Lipinski definition) is 8. The van der Waals surface area contributed by atoms with Gasteiger partial charge < -0.3 is 31.1 Å². The van der Waals surface area contributed by atoms with E-state index in [1.54, 1.807) is 32.1 Å². The van der Waals surface area contributed by atoms with E-state index in [0.717, 1.165) is 66.8 Å². The predicted octanol–water partition coefficient (Wildman–Crippen LogP) is 4.41. The summed E-state index contributed by atoms with van der Waals surface area (Å²) in [6.45, 7) is 8.66. The number of hydrogen-bond donors (Lipinski definition) is 4. The molecule has 46 heavy (non-hydrogen) atoms. The molecule has 5 N–H and O–H groups in total. The minimum absolute atomic E-state index is 0.0520. The van der Waals surface area contributed by atoms with Gasteiger partial charge >= 0.3 is 0 Å². The first kappa shape index (κ1) is 35.8. The Balaban J connectivity index is 1.43. The van der Waals surface area contributed by atoms with Gasteiger partial charge in [-0.25, -0.2) is 9.37 Å². The van der Waals surface area contributed by atoms with Gasteiger partial charge in [0.25, 0.3) is 5.91 Å². The highest BCUT2D eigenvalue weighted by Gasteiger charge is 2.53. The molecule has 1 aromatic heterocycles. The van der Waals surface area contributed by atoms with Gasteiger partial charge in [-0.3, -0.25) is 14.4 Å². The summed E-state index contributed by atoms with van der Waals surface area (Å²) in [5.41, 5.74) is 7.41. The number of carbonyl (C=O) groups excluding carboxylic acids is 3. The lowest BCUT2D eigenvalue weighted by molar-refractivity contribution is -0.145. The molecule has 0 radical (unpaired) electrons. The second-order valence-corrected chi connectivity index (χ2v) is 14.6. The lowest BCUT2D eigenvalue weighted by atomic mass is 9.85. The van der Waals surface area contributed by atoms with E-state index in [9.17, 15) is 23.9 Å². The summed E-state index contributed by atoms with van der Waals surface area (Å²) in [4.78, 5) is 46.6. The maximum absolute atomic E-state index is 14.5. The number of carbonyl (C=O) groups is 3. The number of nitrogens with two attached hydrogens (primary N) is 1. The molecule has 0 bridgehead atoms. The second-order valence-electron chi connectivity index (χ2n) is 13.7. The Morgan fingerprint density at radius 3 is 2.50 bits per heavy atom. The number of aryl methyl sites for hydroxylation is 1. The number of thiazole rings is 1. The number of amides is 3. The first-order valence-electron chi connectivity index (χ1n) is 16.5. The van der Waals surface area contributed by atoms with Gasteiger partial charge in [0.05, 0.1) is 28.8 Å². The number of likely N-dealkylation sites (tertiary alicyclic amines) is 1. The van der Waals surface area contributed by atoms with Crippen LogP contribution in [0.4, 0.5) is 4.39 Å². The number of benzene rings is 1. The fraction of sp³-hybridized carbons (Fsp3) is 0.647. The predicted molar refractivity (Wildman–Crippen MR) is 177 cm³/mol. The topological polar surface area (TPSA) is 147 Å². The van der Waals surface area contributed by atoms with Crippen molar-refractivity contribution >= 4 is 29.1 Å². The Bertz CT molecular complexity index is 1360. The van der Waals surface area contributed by atoms with E-state index in [1.807, 2.05) is 30.6 Å². The third kappa shape index (κ3) is 9.25. The number of unbranched alkanes of at least 4 members (excludes halogenated alkanes) is 5. The average Bonchev–Trinajstić information content (AvgIpc) is 3.42. The molecular formula is C34H50FN5O5S. The second kappa shape index (κ2) is 15.7. The SMILES string of the molecule is Cc1ncsc1-c1ccc(CNC(=O)[C@@H]2C[C@@H](O)CN2C(=O)[C@@H](NC(=O)C2(F)CC2)C(C)(C)C)c(OCCCCCCCCN)c1. The fourth-order valence-corrected chi connectivity index (χ4v) is 6.51. The molecule has 12 heteroatoms. The number of aliphatic hydroxyl groups is 1. The largest absolute Gasteiger partial charge is 0.493 e. The van der Waals surface area contributed by atoms with Crippen molar-refractivity contribution in [2.24, 2.45) is 11.1 Å². The number of alkyl halides is 1. The van der Waals surface area contributed by atoms with Crippen LogP contribution in [0.3, 0.4) is 0 Å². The summed E-state index contributed by atoms with van der Waals surface area (Å²) in [6, 6.07) is 3.89. The van der Waals surface area contributed by atoms with Crippen molar-refractivity contribution in [1.82, 2.24) is 20.5 Å². The van der Waals surface area contributed by atoms with Crippen LogP contribution in [0.1, 0.15) is 89.8 Å². The van der Waals surface area contributed by atoms with Gasteiger partial charge in [-0.2, -0.15) is 0 Å². The van der Waals surface area contributed by atoms with Crippen molar-refractivity contribution in [2.45, 2.75) is 116 Å². The lowest BCUT2D eigenvalue weighted by Crippen LogP contribution is -2.59. The number of aliphatic hydroxyl groups excluding tert-OH is 1. The number of nitrogens with one attached hydrogen (secondary N) is 2. The molecule has 0 unspecified atom stereocenters. The van der Waals surface area contributed by atoms with E-state index in [-0.39, 0.29) is 32.4 Å². The van der Waals surface area contributed by atoms with E-state index in [2.05, 4.69) is 15.6 Å². The van der Waals surface area contributed by atoms with E-state index >= 15 is 0 Å². The van der Waals surface area contributed by atoms with Crippen LogP contribution < -0.4 is 21.1 Å². The van der Waals surface area contributed by atoms with Crippen molar-refractivity contribution in [3.8, 4) is 16.2 Å². The molecule has 2 heterocycles. The summed E-state index contributed by atoms with van der Waals surface area (Å²) in [6.07, 6.45) is 5.86. The molecule has 1 saturated carbocycles. The van der Waals surface area contributed by atoms with Gasteiger partial charge in [0.15, 0.2) is 5.67 Å². The van der Waals surface area contributed by atoms with E-state index in [0.29, 0.717) is 12.4 Å². The highest BCUT2D eigenvalue weighted by atomic mass is 32.1. The van der Waals surface area contributed by atoms with Crippen LogP contribution in [-0.2, 0) is 20.9 Å². The van der Waals surface area contributed by atoms with Gasteiger partial charge in [-0.05, 0) is 56.2 Å². The highest BCUT2D eigenvalue weighted by molar-refractivity contribution is 7.13. The number of aromatic nitrogens is 1. The van der Waals surface area contributed by atoms with Crippen LogP contribution in [0.15, 0.2) is 23.7 Å². The number of nitrogens with zero attached hydrogens (tertiary/aromatic N) is 2. The summed E-state index contributed by atoms with van der Waals surface area (Å²) in [5, 5.41) is 16.0. The number of ether oxygens (including phenoxy) is 1. The fourth-order valence-electron chi connectivity index (χ4n) is 5.71. The minimum atomic E-state index is -1.94. The smallest absolute Gasteiger partial charge is 0.258 e. The van der Waals surface area contributed by atoms with E-state index in [4.69, 9.17) is 10.5 Å². The zero-order chi connectivity index (χ0) is 33.5. The molecule has 1 aliphatic carbocycles. The standard InChI is InChI=1S/C34H50FN5O5S/c1-22-28(46-21-38-22)23-11-12-24(27(17-23)45-16-10-8-6-5-7-9-15-36)19-37-30(42)26-18-25(41)20-40(26)31(43)29(33(2,3)4)39-32(44)34(35)13-14-34/h11-12,17,21,25-26,29,41H,5-10,13-16,18-20,36H2,1-4H3,(H,37,42)(H,39,44)/t25-,26+,29-/m1/s1. The zero-order valence-corrected chi connectivity index (χ0v) is 28.4. The molecule has 4 rings (SSSR count). The van der Waals surface area contributed by atoms with Gasteiger partial charge in [0.2, 0.25) is 11.8 Å². The monoisotopic (exact) mass is 659 g/mol. The third-order valence-electron chi connectivity index (χ3n) is 8.73. The molecule has 3 atom stereocenters. The van der Waals surface area contributed by atoms with Crippen LogP contribution in [-0.4, -0.2) is 76.3 Å². The maximum Gasteiger partial charge on any atom is 0.258 e. The van der Waals surface area contributed by atoms with Crippen LogP contribution in [0, 0.1) is 12.3 Å². The van der Waals surface area contributed by atoms with Crippen LogP contribution >= 0.6 is 11.3 Å². The summed E-state index contributed by atoms with van der Waals surface area (Å²) in [5.74, 6) is -1.07. The Hall–Kier alpha value is -3.09. The first-order valence-corrected chi connectivity index (χ1v) is 17.3. The maximum atomic E-state index is 14.5. The van der Waals surface area contributed by atoms with E-state index < -0.39 is 47.0 Å². The van der Waals surface area contributed by atoms with Gasteiger partial charge in [0.1, 0.15) is 17.8 Å². The summed E-state index contributed by atoms with van der Waals surface area (Å²) < 4.78 is 20.7. The molecule has 254 valence electrons. The number of halogens is 1. The van der Waals surface area contributed by atoms with Crippen LogP contribution in [0.2, 0.25) is 0 Å². The molecule has 2 aromatic rings. The van der Waals surface area contributed by atoms with Crippen LogP contribution in [0.5, 0.6) is 5.75 Å². The molecule has 1 saturated heterocycles. The molecule has 3 amide bonds. The molecule has 1 aromatic carbocycles. The molecule has 1 aliphatic heterocycles.